The Hall–Kier alpha value is -1.49. The van der Waals surface area contributed by atoms with Gasteiger partial charge in [-0.15, -0.1) is 11.8 Å². The van der Waals surface area contributed by atoms with E-state index in [4.69, 9.17) is 11.6 Å². The van der Waals surface area contributed by atoms with Crippen LogP contribution in [0.2, 0.25) is 5.02 Å². The van der Waals surface area contributed by atoms with Gasteiger partial charge in [-0.05, 0) is 41.5 Å². The molecule has 0 aromatic heterocycles. The summed E-state index contributed by atoms with van der Waals surface area (Å²) in [4.78, 5) is 13.3. The fourth-order valence-corrected chi connectivity index (χ4v) is 2.95. The van der Waals surface area contributed by atoms with E-state index in [9.17, 15) is 9.90 Å². The maximum absolute atomic E-state index is 12.3. The Bertz CT molecular complexity index is 701. The third kappa shape index (κ3) is 4.76. The van der Waals surface area contributed by atoms with Gasteiger partial charge in [0.25, 0.3) is 5.91 Å². The van der Waals surface area contributed by atoms with Crippen LogP contribution in [0.25, 0.3) is 0 Å². The number of rotatable bonds is 6. The Morgan fingerprint density at radius 1 is 1.17 bits per heavy atom. The molecule has 0 radical (unpaired) electrons. The van der Waals surface area contributed by atoms with Crippen LogP contribution >= 0.6 is 23.4 Å². The number of hydrogen-bond acceptors (Lipinski definition) is 3. The summed E-state index contributed by atoms with van der Waals surface area (Å²) in [5.41, 5.74) is 2.42. The summed E-state index contributed by atoms with van der Waals surface area (Å²) in [6.07, 6.45) is 1.19. The Balaban J connectivity index is 2.00. The number of halogens is 1. The number of carbonyl (C=O) groups excluding carboxylic acids is 1. The lowest BCUT2D eigenvalue weighted by atomic mass is 10.00. The number of thioether (sulfide) groups is 1. The molecule has 1 unspecified atom stereocenters. The van der Waals surface area contributed by atoms with Gasteiger partial charge < -0.3 is 10.4 Å². The highest BCUT2D eigenvalue weighted by Crippen LogP contribution is 2.23. The Morgan fingerprint density at radius 3 is 2.38 bits per heavy atom. The van der Waals surface area contributed by atoms with E-state index in [1.807, 2.05) is 36.6 Å². The standard InChI is InChI=1S/C19H22ClNO2S/c1-12(2)13-4-6-14(7-5-13)18(22)11-21-19(23)16-10-15(24-3)8-9-17(16)20/h4-10,12,18,22H,11H2,1-3H3,(H,21,23). The molecule has 2 aromatic carbocycles. The molecule has 0 heterocycles. The van der Waals surface area contributed by atoms with E-state index in [0.29, 0.717) is 16.5 Å². The number of hydrogen-bond donors (Lipinski definition) is 2. The molecule has 0 spiro atoms. The predicted molar refractivity (Wildman–Crippen MR) is 101 cm³/mol. The largest absolute Gasteiger partial charge is 0.387 e. The van der Waals surface area contributed by atoms with Crippen LogP contribution in [0.1, 0.15) is 47.4 Å². The van der Waals surface area contributed by atoms with E-state index in [0.717, 1.165) is 10.5 Å². The number of carbonyl (C=O) groups is 1. The van der Waals surface area contributed by atoms with Gasteiger partial charge in [-0.2, -0.15) is 0 Å². The first-order valence-electron chi connectivity index (χ1n) is 7.82. The highest BCUT2D eigenvalue weighted by Gasteiger charge is 2.14. The molecule has 1 atom stereocenters. The Morgan fingerprint density at radius 2 is 1.79 bits per heavy atom. The average molecular weight is 364 g/mol. The van der Waals surface area contributed by atoms with E-state index in [1.54, 1.807) is 23.9 Å². The normalized spacial score (nSPS) is 12.2. The van der Waals surface area contributed by atoms with Gasteiger partial charge in [0.05, 0.1) is 16.7 Å². The second-order valence-electron chi connectivity index (χ2n) is 5.89. The number of aliphatic hydroxyl groups is 1. The van der Waals surface area contributed by atoms with Crippen molar-refractivity contribution in [2.75, 3.05) is 12.8 Å². The molecule has 2 N–H and O–H groups in total. The molecule has 1 amide bonds. The zero-order valence-corrected chi connectivity index (χ0v) is 15.6. The second-order valence-corrected chi connectivity index (χ2v) is 7.18. The summed E-state index contributed by atoms with van der Waals surface area (Å²) < 4.78 is 0. The van der Waals surface area contributed by atoms with E-state index < -0.39 is 6.10 Å². The van der Waals surface area contributed by atoms with Gasteiger partial charge in [-0.3, -0.25) is 4.79 Å². The topological polar surface area (TPSA) is 49.3 Å². The molecule has 0 aliphatic heterocycles. The Kier molecular flexibility index (Phi) is 6.72. The molecule has 0 aliphatic carbocycles. The lowest BCUT2D eigenvalue weighted by Gasteiger charge is -2.14. The summed E-state index contributed by atoms with van der Waals surface area (Å²) in [6, 6.07) is 13.1. The van der Waals surface area contributed by atoms with Crippen molar-refractivity contribution in [2.45, 2.75) is 30.8 Å². The summed E-state index contributed by atoms with van der Waals surface area (Å²) in [5, 5.41) is 13.4. The zero-order valence-electron chi connectivity index (χ0n) is 14.0. The maximum atomic E-state index is 12.3. The third-order valence-corrected chi connectivity index (χ3v) is 4.92. The van der Waals surface area contributed by atoms with Crippen molar-refractivity contribution >= 4 is 29.3 Å². The fraction of sp³-hybridized carbons (Fsp3) is 0.316. The molecule has 2 aromatic rings. The molecule has 0 fully saturated rings. The molecule has 2 rings (SSSR count). The van der Waals surface area contributed by atoms with Crippen LogP contribution in [-0.2, 0) is 0 Å². The predicted octanol–water partition coefficient (Wildman–Crippen LogP) is 4.65. The van der Waals surface area contributed by atoms with Crippen LogP contribution in [0.3, 0.4) is 0 Å². The lowest BCUT2D eigenvalue weighted by Crippen LogP contribution is -2.28. The van der Waals surface area contributed by atoms with Crippen molar-refractivity contribution in [1.29, 1.82) is 0 Å². The second kappa shape index (κ2) is 8.56. The van der Waals surface area contributed by atoms with Crippen molar-refractivity contribution in [1.82, 2.24) is 5.32 Å². The first-order chi connectivity index (χ1) is 11.4. The molecule has 24 heavy (non-hydrogen) atoms. The first-order valence-corrected chi connectivity index (χ1v) is 9.42. The number of amides is 1. The summed E-state index contributed by atoms with van der Waals surface area (Å²) in [6.45, 7) is 4.38. The van der Waals surface area contributed by atoms with Gasteiger partial charge in [0.2, 0.25) is 0 Å². The highest BCUT2D eigenvalue weighted by molar-refractivity contribution is 7.98. The monoisotopic (exact) mass is 363 g/mol. The van der Waals surface area contributed by atoms with Crippen molar-refractivity contribution in [3.05, 3.63) is 64.2 Å². The minimum Gasteiger partial charge on any atom is -0.387 e. The van der Waals surface area contributed by atoms with Crippen LogP contribution in [0.15, 0.2) is 47.4 Å². The van der Waals surface area contributed by atoms with Crippen LogP contribution in [0.5, 0.6) is 0 Å². The average Bonchev–Trinajstić information content (AvgIpc) is 2.59. The maximum Gasteiger partial charge on any atom is 0.252 e. The van der Waals surface area contributed by atoms with Gasteiger partial charge in [-0.1, -0.05) is 49.7 Å². The van der Waals surface area contributed by atoms with E-state index in [2.05, 4.69) is 19.2 Å². The van der Waals surface area contributed by atoms with Crippen LogP contribution in [0, 0.1) is 0 Å². The molecule has 0 saturated heterocycles. The van der Waals surface area contributed by atoms with E-state index in [-0.39, 0.29) is 12.5 Å². The number of nitrogens with one attached hydrogen (secondary N) is 1. The fourth-order valence-electron chi connectivity index (χ4n) is 2.31. The first kappa shape index (κ1) is 18.8. The molecule has 0 saturated carbocycles. The van der Waals surface area contributed by atoms with Gasteiger partial charge >= 0.3 is 0 Å². The minimum atomic E-state index is -0.752. The van der Waals surface area contributed by atoms with Crippen LogP contribution < -0.4 is 5.32 Å². The quantitative estimate of drug-likeness (QED) is 0.734. The molecule has 128 valence electrons. The Labute approximate surface area is 152 Å². The number of benzene rings is 2. The molecular weight excluding hydrogens is 342 g/mol. The zero-order chi connectivity index (χ0) is 17.7. The van der Waals surface area contributed by atoms with Crippen LogP contribution in [-0.4, -0.2) is 23.8 Å². The molecule has 3 nitrogen and oxygen atoms in total. The molecular formula is C19H22ClNO2S. The van der Waals surface area contributed by atoms with Gasteiger partial charge in [0.1, 0.15) is 0 Å². The van der Waals surface area contributed by atoms with Crippen molar-refractivity contribution in [2.24, 2.45) is 0 Å². The third-order valence-electron chi connectivity index (χ3n) is 3.86. The lowest BCUT2D eigenvalue weighted by molar-refractivity contribution is 0.0916. The van der Waals surface area contributed by atoms with Gasteiger partial charge in [0.15, 0.2) is 0 Å². The SMILES string of the molecule is CSc1ccc(Cl)c(C(=O)NCC(O)c2ccc(C(C)C)cc2)c1. The summed E-state index contributed by atoms with van der Waals surface area (Å²) in [5.74, 6) is 0.162. The molecule has 0 bridgehead atoms. The van der Waals surface area contributed by atoms with Crippen LogP contribution in [0.4, 0.5) is 0 Å². The van der Waals surface area contributed by atoms with Crippen molar-refractivity contribution in [3.63, 3.8) is 0 Å². The van der Waals surface area contributed by atoms with Crippen molar-refractivity contribution < 1.29 is 9.90 Å². The molecule has 0 aliphatic rings. The van der Waals surface area contributed by atoms with E-state index >= 15 is 0 Å². The highest BCUT2D eigenvalue weighted by atomic mass is 35.5. The van der Waals surface area contributed by atoms with Crippen molar-refractivity contribution in [3.8, 4) is 0 Å². The van der Waals surface area contributed by atoms with Gasteiger partial charge in [-0.25, -0.2) is 0 Å². The smallest absolute Gasteiger partial charge is 0.252 e. The van der Waals surface area contributed by atoms with Gasteiger partial charge in [0, 0.05) is 11.4 Å². The molecule has 5 heteroatoms. The number of aliphatic hydroxyl groups excluding tert-OH is 1. The summed E-state index contributed by atoms with van der Waals surface area (Å²) >= 11 is 7.64. The minimum absolute atomic E-state index is 0.139. The summed E-state index contributed by atoms with van der Waals surface area (Å²) in [7, 11) is 0. The van der Waals surface area contributed by atoms with E-state index in [1.165, 1.54) is 5.56 Å².